The summed E-state index contributed by atoms with van der Waals surface area (Å²) in [5.74, 6) is 1.40. The lowest BCUT2D eigenvalue weighted by atomic mass is 10.1. The van der Waals surface area contributed by atoms with Crippen LogP contribution in [0.2, 0.25) is 0 Å². The molecule has 2 heterocycles. The van der Waals surface area contributed by atoms with E-state index in [1.165, 1.54) is 12.1 Å². The van der Waals surface area contributed by atoms with Crippen LogP contribution >= 0.6 is 11.8 Å². The fourth-order valence-corrected chi connectivity index (χ4v) is 4.25. The second-order valence-electron chi connectivity index (χ2n) is 7.82. The summed E-state index contributed by atoms with van der Waals surface area (Å²) in [6.45, 7) is 2.89. The molecule has 9 heteroatoms. The monoisotopic (exact) mass is 474 g/mol. The molecule has 174 valence electrons. The standard InChI is InChI=1S/C24H25F3N4OS/c1-33-14-9-28-23(32)20-16-22(29-21-8-3-2-7-19(20)21)31-12-10-30(11-13-31)18-6-4-5-17(15-18)24(25,26)27/h2-8,15-16H,9-14H2,1H3,(H,28,32). The van der Waals surface area contributed by atoms with E-state index < -0.39 is 11.7 Å². The Kier molecular flexibility index (Phi) is 6.97. The van der Waals surface area contributed by atoms with E-state index in [1.807, 2.05) is 41.5 Å². The van der Waals surface area contributed by atoms with Crippen LogP contribution in [0.5, 0.6) is 0 Å². The Morgan fingerprint density at radius 3 is 2.48 bits per heavy atom. The lowest BCUT2D eigenvalue weighted by Gasteiger charge is -2.37. The molecule has 0 atom stereocenters. The molecule has 0 unspecified atom stereocenters. The minimum Gasteiger partial charge on any atom is -0.368 e. The molecule has 1 saturated heterocycles. The third-order valence-corrected chi connectivity index (χ3v) is 6.29. The number of piperazine rings is 1. The molecule has 5 nitrogen and oxygen atoms in total. The quantitative estimate of drug-likeness (QED) is 0.526. The average Bonchev–Trinajstić information content (AvgIpc) is 2.83. The molecule has 2 aromatic carbocycles. The largest absolute Gasteiger partial charge is 0.416 e. The number of carbonyl (C=O) groups excluding carboxylic acids is 1. The molecule has 3 aromatic rings. The number of rotatable bonds is 6. The van der Waals surface area contributed by atoms with Gasteiger partial charge in [0.15, 0.2) is 0 Å². The average molecular weight is 475 g/mol. The highest BCUT2D eigenvalue weighted by atomic mass is 32.2. The number of halogens is 3. The lowest BCUT2D eigenvalue weighted by molar-refractivity contribution is -0.137. The van der Waals surface area contributed by atoms with Crippen LogP contribution in [-0.2, 0) is 6.18 Å². The molecule has 4 rings (SSSR count). The second kappa shape index (κ2) is 9.91. The van der Waals surface area contributed by atoms with E-state index in [2.05, 4.69) is 10.2 Å². The molecule has 1 aromatic heterocycles. The van der Waals surface area contributed by atoms with Gasteiger partial charge >= 0.3 is 6.18 Å². The molecule has 1 amide bonds. The summed E-state index contributed by atoms with van der Waals surface area (Å²) in [5, 5.41) is 3.76. The molecule has 1 fully saturated rings. The van der Waals surface area contributed by atoms with E-state index in [1.54, 1.807) is 17.8 Å². The highest BCUT2D eigenvalue weighted by Crippen LogP contribution is 2.32. The van der Waals surface area contributed by atoms with E-state index in [-0.39, 0.29) is 5.91 Å². The van der Waals surface area contributed by atoms with E-state index >= 15 is 0 Å². The molecule has 0 radical (unpaired) electrons. The molecule has 1 N–H and O–H groups in total. The Bertz CT molecular complexity index is 1130. The Morgan fingerprint density at radius 2 is 1.76 bits per heavy atom. The van der Waals surface area contributed by atoms with Crippen molar-refractivity contribution in [2.75, 3.05) is 54.5 Å². The number of thioether (sulfide) groups is 1. The van der Waals surface area contributed by atoms with E-state index in [0.29, 0.717) is 49.8 Å². The van der Waals surface area contributed by atoms with Crippen molar-refractivity contribution >= 4 is 40.1 Å². The Morgan fingerprint density at radius 1 is 1.03 bits per heavy atom. The van der Waals surface area contributed by atoms with Crippen LogP contribution in [0.25, 0.3) is 10.9 Å². The lowest BCUT2D eigenvalue weighted by Crippen LogP contribution is -2.47. The maximum Gasteiger partial charge on any atom is 0.416 e. The first-order valence-electron chi connectivity index (χ1n) is 10.7. The molecule has 0 saturated carbocycles. The number of fused-ring (bicyclic) bond motifs is 1. The van der Waals surface area contributed by atoms with Gasteiger partial charge in [0.2, 0.25) is 0 Å². The molecular formula is C24H25F3N4OS. The number of pyridine rings is 1. The molecule has 0 spiro atoms. The van der Waals surface area contributed by atoms with Gasteiger partial charge in [-0.25, -0.2) is 4.98 Å². The van der Waals surface area contributed by atoms with Crippen LogP contribution in [0, 0.1) is 0 Å². The number of amides is 1. The number of nitrogens with zero attached hydrogens (tertiary/aromatic N) is 3. The fraction of sp³-hybridized carbons (Fsp3) is 0.333. The third-order valence-electron chi connectivity index (χ3n) is 5.68. The van der Waals surface area contributed by atoms with Gasteiger partial charge in [0.1, 0.15) is 5.82 Å². The highest BCUT2D eigenvalue weighted by Gasteiger charge is 2.31. The van der Waals surface area contributed by atoms with E-state index in [9.17, 15) is 18.0 Å². The summed E-state index contributed by atoms with van der Waals surface area (Å²) >= 11 is 1.67. The van der Waals surface area contributed by atoms with Crippen molar-refractivity contribution in [3.63, 3.8) is 0 Å². The van der Waals surface area contributed by atoms with E-state index in [4.69, 9.17) is 4.98 Å². The number of para-hydroxylation sites is 1. The number of nitrogens with one attached hydrogen (secondary N) is 1. The van der Waals surface area contributed by atoms with Crippen molar-refractivity contribution in [2.45, 2.75) is 6.18 Å². The van der Waals surface area contributed by atoms with Gasteiger partial charge < -0.3 is 15.1 Å². The number of carbonyl (C=O) groups is 1. The second-order valence-corrected chi connectivity index (χ2v) is 8.80. The molecule has 0 bridgehead atoms. The van der Waals surface area contributed by atoms with Crippen molar-refractivity contribution in [1.82, 2.24) is 10.3 Å². The van der Waals surface area contributed by atoms with Crippen LogP contribution in [0.3, 0.4) is 0 Å². The van der Waals surface area contributed by atoms with Crippen molar-refractivity contribution in [2.24, 2.45) is 0 Å². The molecular weight excluding hydrogens is 449 g/mol. The van der Waals surface area contributed by atoms with Gasteiger partial charge in [-0.1, -0.05) is 24.3 Å². The van der Waals surface area contributed by atoms with E-state index in [0.717, 1.165) is 22.7 Å². The minimum absolute atomic E-state index is 0.133. The highest BCUT2D eigenvalue weighted by molar-refractivity contribution is 7.98. The van der Waals surface area contributed by atoms with Crippen molar-refractivity contribution in [1.29, 1.82) is 0 Å². The summed E-state index contributed by atoms with van der Waals surface area (Å²) in [7, 11) is 0. The van der Waals surface area contributed by atoms with Crippen LogP contribution in [0.15, 0.2) is 54.6 Å². The first kappa shape index (κ1) is 23.2. The third kappa shape index (κ3) is 5.35. The smallest absolute Gasteiger partial charge is 0.368 e. The zero-order valence-corrected chi connectivity index (χ0v) is 19.0. The number of hydrogen-bond donors (Lipinski definition) is 1. The molecule has 33 heavy (non-hydrogen) atoms. The summed E-state index contributed by atoms with van der Waals surface area (Å²) in [4.78, 5) is 21.6. The van der Waals surface area contributed by atoms with Gasteiger partial charge in [0.05, 0.1) is 16.6 Å². The fourth-order valence-electron chi connectivity index (χ4n) is 3.95. The summed E-state index contributed by atoms with van der Waals surface area (Å²) in [6, 6.07) is 14.8. The predicted molar refractivity (Wildman–Crippen MR) is 128 cm³/mol. The van der Waals surface area contributed by atoms with Crippen LogP contribution in [0.1, 0.15) is 15.9 Å². The van der Waals surface area contributed by atoms with Crippen molar-refractivity contribution in [3.05, 3.63) is 65.7 Å². The first-order chi connectivity index (χ1) is 15.9. The van der Waals surface area contributed by atoms with Gasteiger partial charge in [0.25, 0.3) is 5.91 Å². The van der Waals surface area contributed by atoms with Crippen LogP contribution < -0.4 is 15.1 Å². The molecule has 1 aliphatic heterocycles. The van der Waals surface area contributed by atoms with Crippen molar-refractivity contribution in [3.8, 4) is 0 Å². The number of hydrogen-bond acceptors (Lipinski definition) is 5. The van der Waals surface area contributed by atoms with Gasteiger partial charge in [-0.15, -0.1) is 0 Å². The summed E-state index contributed by atoms with van der Waals surface area (Å²) < 4.78 is 39.2. The zero-order chi connectivity index (χ0) is 23.4. The summed E-state index contributed by atoms with van der Waals surface area (Å²) in [6.07, 6.45) is -2.37. The predicted octanol–water partition coefficient (Wildman–Crippen LogP) is 4.67. The Labute approximate surface area is 195 Å². The van der Waals surface area contributed by atoms with Gasteiger partial charge in [-0.3, -0.25) is 4.79 Å². The molecule has 0 aliphatic carbocycles. The Balaban J connectivity index is 1.53. The van der Waals surface area contributed by atoms with Gasteiger partial charge in [0, 0.05) is 49.6 Å². The Hall–Kier alpha value is -2.94. The minimum atomic E-state index is -4.36. The van der Waals surface area contributed by atoms with Crippen LogP contribution in [-0.4, -0.2) is 55.6 Å². The normalized spacial score (nSPS) is 14.5. The van der Waals surface area contributed by atoms with Crippen molar-refractivity contribution < 1.29 is 18.0 Å². The number of anilines is 2. The maximum absolute atomic E-state index is 13.1. The first-order valence-corrected chi connectivity index (χ1v) is 12.1. The number of aromatic nitrogens is 1. The van der Waals surface area contributed by atoms with Gasteiger partial charge in [-0.2, -0.15) is 24.9 Å². The summed E-state index contributed by atoms with van der Waals surface area (Å²) in [5.41, 5.74) is 1.24. The number of benzene rings is 2. The number of alkyl halides is 3. The zero-order valence-electron chi connectivity index (χ0n) is 18.2. The van der Waals surface area contributed by atoms with Gasteiger partial charge in [-0.05, 0) is 36.6 Å². The maximum atomic E-state index is 13.1. The molecule has 1 aliphatic rings. The SMILES string of the molecule is CSCCNC(=O)c1cc(N2CCN(c3cccc(C(F)(F)F)c3)CC2)nc2ccccc12. The topological polar surface area (TPSA) is 48.5 Å². The van der Waals surface area contributed by atoms with Crippen LogP contribution in [0.4, 0.5) is 24.7 Å².